The van der Waals surface area contributed by atoms with E-state index in [0.717, 1.165) is 43.4 Å². The Bertz CT molecular complexity index is 523. The summed E-state index contributed by atoms with van der Waals surface area (Å²) >= 11 is 6.23. The molecule has 1 aliphatic heterocycles. The van der Waals surface area contributed by atoms with Crippen molar-refractivity contribution in [1.82, 2.24) is 4.90 Å². The van der Waals surface area contributed by atoms with Gasteiger partial charge < -0.3 is 9.64 Å². The molecule has 0 bridgehead atoms. The fraction of sp³-hybridized carbons (Fsp3) is 0.438. The molecule has 0 aliphatic carbocycles. The van der Waals surface area contributed by atoms with Crippen LogP contribution in [0.25, 0.3) is 0 Å². The predicted octanol–water partition coefficient (Wildman–Crippen LogP) is 2.58. The summed E-state index contributed by atoms with van der Waals surface area (Å²) in [7, 11) is 1.40. The first-order chi connectivity index (χ1) is 10.1. The van der Waals surface area contributed by atoms with Gasteiger partial charge >= 0.3 is 5.97 Å². The Labute approximate surface area is 130 Å². The molecule has 2 rings (SSSR count). The molecule has 0 saturated carbocycles. The third kappa shape index (κ3) is 4.22. The molecule has 1 fully saturated rings. The summed E-state index contributed by atoms with van der Waals surface area (Å²) in [6, 6.07) is 7.93. The first kappa shape index (κ1) is 15.9. The quantitative estimate of drug-likeness (QED) is 0.632. The first-order valence-electron chi connectivity index (χ1n) is 7.08. The van der Waals surface area contributed by atoms with E-state index in [0.29, 0.717) is 5.57 Å². The van der Waals surface area contributed by atoms with Crippen LogP contribution >= 0.6 is 11.6 Å². The second kappa shape index (κ2) is 7.48. The average molecular weight is 309 g/mol. The third-order valence-electron chi connectivity index (χ3n) is 3.73. The standard InChI is InChI=1S/C16H21ClN2O2/c1-13(16(20)21-2)7-8-18-9-11-19(12-10-18)15-6-4-3-5-14(15)17/h3-7H,8-12H2,1-2H3. The number of piperazine rings is 1. The van der Waals surface area contributed by atoms with Crippen molar-refractivity contribution in [3.8, 4) is 0 Å². The fourth-order valence-electron chi connectivity index (χ4n) is 2.39. The maximum absolute atomic E-state index is 11.3. The van der Waals surface area contributed by atoms with Crippen molar-refractivity contribution >= 4 is 23.3 Å². The Morgan fingerprint density at radius 3 is 2.57 bits per heavy atom. The monoisotopic (exact) mass is 308 g/mol. The molecule has 1 aliphatic rings. The number of para-hydroxylation sites is 1. The molecule has 114 valence electrons. The van der Waals surface area contributed by atoms with Crippen molar-refractivity contribution in [2.24, 2.45) is 0 Å². The van der Waals surface area contributed by atoms with Crippen LogP contribution in [0.15, 0.2) is 35.9 Å². The van der Waals surface area contributed by atoms with Crippen molar-refractivity contribution in [2.45, 2.75) is 6.92 Å². The number of hydrogen-bond donors (Lipinski definition) is 0. The molecule has 21 heavy (non-hydrogen) atoms. The van der Waals surface area contributed by atoms with Gasteiger partial charge in [0.2, 0.25) is 0 Å². The van der Waals surface area contributed by atoms with Crippen molar-refractivity contribution in [1.29, 1.82) is 0 Å². The molecule has 0 atom stereocenters. The number of halogens is 1. The van der Waals surface area contributed by atoms with Crippen LogP contribution in [-0.2, 0) is 9.53 Å². The van der Waals surface area contributed by atoms with Crippen LogP contribution in [0, 0.1) is 0 Å². The second-order valence-electron chi connectivity index (χ2n) is 5.12. The summed E-state index contributed by atoms with van der Waals surface area (Å²) < 4.78 is 4.69. The molecular weight excluding hydrogens is 288 g/mol. The summed E-state index contributed by atoms with van der Waals surface area (Å²) in [5.41, 5.74) is 1.76. The van der Waals surface area contributed by atoms with Crippen molar-refractivity contribution in [3.63, 3.8) is 0 Å². The van der Waals surface area contributed by atoms with Crippen LogP contribution in [0.2, 0.25) is 5.02 Å². The summed E-state index contributed by atoms with van der Waals surface area (Å²) in [4.78, 5) is 15.9. The van der Waals surface area contributed by atoms with E-state index in [2.05, 4.69) is 15.9 Å². The number of benzene rings is 1. The number of rotatable bonds is 4. The van der Waals surface area contributed by atoms with Gasteiger partial charge in [-0.05, 0) is 19.1 Å². The van der Waals surface area contributed by atoms with Crippen LogP contribution in [0.3, 0.4) is 0 Å². The maximum atomic E-state index is 11.3. The van der Waals surface area contributed by atoms with Gasteiger partial charge in [0, 0.05) is 38.3 Å². The smallest absolute Gasteiger partial charge is 0.333 e. The maximum Gasteiger partial charge on any atom is 0.333 e. The molecule has 0 aromatic heterocycles. The second-order valence-corrected chi connectivity index (χ2v) is 5.52. The number of ether oxygens (including phenoxy) is 1. The van der Waals surface area contributed by atoms with Crippen molar-refractivity contribution in [2.75, 3.05) is 44.7 Å². The van der Waals surface area contributed by atoms with Gasteiger partial charge in [0.1, 0.15) is 0 Å². The minimum absolute atomic E-state index is 0.260. The zero-order valence-electron chi connectivity index (χ0n) is 12.5. The molecule has 0 unspecified atom stereocenters. The number of methoxy groups -OCH3 is 1. The lowest BCUT2D eigenvalue weighted by atomic mass is 10.2. The number of hydrogen-bond acceptors (Lipinski definition) is 4. The van der Waals surface area contributed by atoms with Gasteiger partial charge in [0.25, 0.3) is 0 Å². The SMILES string of the molecule is COC(=O)C(C)=CCN1CCN(c2ccccc2Cl)CC1. The third-order valence-corrected chi connectivity index (χ3v) is 4.05. The van der Waals surface area contributed by atoms with E-state index in [1.54, 1.807) is 6.92 Å². The highest BCUT2D eigenvalue weighted by Gasteiger charge is 2.18. The zero-order chi connectivity index (χ0) is 15.2. The lowest BCUT2D eigenvalue weighted by Gasteiger charge is -2.36. The van der Waals surface area contributed by atoms with Crippen LogP contribution in [0.1, 0.15) is 6.92 Å². The van der Waals surface area contributed by atoms with E-state index in [9.17, 15) is 4.79 Å². The highest BCUT2D eigenvalue weighted by Crippen LogP contribution is 2.25. The molecule has 0 N–H and O–H groups in total. The van der Waals surface area contributed by atoms with Crippen LogP contribution in [0.5, 0.6) is 0 Å². The normalized spacial score (nSPS) is 16.9. The first-order valence-corrected chi connectivity index (χ1v) is 7.46. The van der Waals surface area contributed by atoms with Gasteiger partial charge in [-0.2, -0.15) is 0 Å². The molecule has 0 radical (unpaired) electrons. The minimum Gasteiger partial charge on any atom is -0.466 e. The molecular formula is C16H21ClN2O2. The van der Waals surface area contributed by atoms with E-state index in [4.69, 9.17) is 16.3 Å². The molecule has 1 saturated heterocycles. The zero-order valence-corrected chi connectivity index (χ0v) is 13.3. The number of carbonyl (C=O) groups is 1. The topological polar surface area (TPSA) is 32.8 Å². The highest BCUT2D eigenvalue weighted by molar-refractivity contribution is 6.33. The van der Waals surface area contributed by atoms with E-state index in [1.165, 1.54) is 7.11 Å². The van der Waals surface area contributed by atoms with Gasteiger partial charge in [0.05, 0.1) is 17.8 Å². The lowest BCUT2D eigenvalue weighted by molar-refractivity contribution is -0.136. The molecule has 0 amide bonds. The van der Waals surface area contributed by atoms with Crippen molar-refractivity contribution < 1.29 is 9.53 Å². The summed E-state index contributed by atoms with van der Waals surface area (Å²) in [5, 5.41) is 0.799. The van der Waals surface area contributed by atoms with Crippen LogP contribution in [-0.4, -0.2) is 50.7 Å². The minimum atomic E-state index is -0.260. The molecule has 1 heterocycles. The highest BCUT2D eigenvalue weighted by atomic mass is 35.5. The number of anilines is 1. The Balaban J connectivity index is 1.87. The van der Waals surface area contributed by atoms with Crippen LogP contribution < -0.4 is 4.90 Å². The van der Waals surface area contributed by atoms with Gasteiger partial charge in [-0.3, -0.25) is 4.90 Å². The predicted molar refractivity (Wildman–Crippen MR) is 85.9 cm³/mol. The summed E-state index contributed by atoms with van der Waals surface area (Å²) in [5.74, 6) is -0.260. The van der Waals surface area contributed by atoms with E-state index in [1.807, 2.05) is 24.3 Å². The fourth-order valence-corrected chi connectivity index (χ4v) is 2.65. The summed E-state index contributed by atoms with van der Waals surface area (Å²) in [6.45, 7) is 6.35. The number of esters is 1. The average Bonchev–Trinajstić information content (AvgIpc) is 2.53. The van der Waals surface area contributed by atoms with Gasteiger partial charge in [-0.15, -0.1) is 0 Å². The van der Waals surface area contributed by atoms with Gasteiger partial charge in [-0.1, -0.05) is 29.8 Å². The molecule has 0 spiro atoms. The number of carbonyl (C=O) groups excluding carboxylic acids is 1. The lowest BCUT2D eigenvalue weighted by Crippen LogP contribution is -2.46. The molecule has 5 heteroatoms. The molecule has 4 nitrogen and oxygen atoms in total. The Morgan fingerprint density at radius 2 is 1.95 bits per heavy atom. The number of nitrogens with zero attached hydrogens (tertiary/aromatic N) is 2. The van der Waals surface area contributed by atoms with Gasteiger partial charge in [0.15, 0.2) is 0 Å². The largest absolute Gasteiger partial charge is 0.466 e. The van der Waals surface area contributed by atoms with E-state index < -0.39 is 0 Å². The van der Waals surface area contributed by atoms with Crippen LogP contribution in [0.4, 0.5) is 5.69 Å². The molecule has 1 aromatic carbocycles. The van der Waals surface area contributed by atoms with Gasteiger partial charge in [-0.25, -0.2) is 4.79 Å². The molecule has 1 aromatic rings. The Kier molecular flexibility index (Phi) is 5.65. The van der Waals surface area contributed by atoms with Crippen molar-refractivity contribution in [3.05, 3.63) is 40.9 Å². The Morgan fingerprint density at radius 1 is 1.29 bits per heavy atom. The Hall–Kier alpha value is -1.52. The summed E-state index contributed by atoms with van der Waals surface area (Å²) in [6.07, 6.45) is 1.93. The van der Waals surface area contributed by atoms with E-state index in [-0.39, 0.29) is 5.97 Å². The van der Waals surface area contributed by atoms with E-state index >= 15 is 0 Å².